The number of benzene rings is 3. The summed E-state index contributed by atoms with van der Waals surface area (Å²) in [5.74, 6) is 2.70. The minimum Gasteiger partial charge on any atom is -0.497 e. The number of aromatic carboxylic acids is 1. The van der Waals surface area contributed by atoms with Crippen LogP contribution in [-0.2, 0) is 5.75 Å². The zero-order chi connectivity index (χ0) is 22.5. The molecule has 6 heteroatoms. The SMILES string of the molecule is COc1cccc(-c2cc(CSc3ccccc3OC)c(-c3ccc(C(=O)O)cc3)o2)c1. The van der Waals surface area contributed by atoms with E-state index >= 15 is 0 Å². The fourth-order valence-corrected chi connectivity index (χ4v) is 4.35. The molecule has 0 aliphatic carbocycles. The lowest BCUT2D eigenvalue weighted by Gasteiger charge is -2.08. The van der Waals surface area contributed by atoms with E-state index in [1.54, 1.807) is 50.2 Å². The molecule has 5 nitrogen and oxygen atoms in total. The van der Waals surface area contributed by atoms with Crippen LogP contribution >= 0.6 is 11.8 Å². The lowest BCUT2D eigenvalue weighted by molar-refractivity contribution is 0.0697. The van der Waals surface area contributed by atoms with Crippen LogP contribution in [0.2, 0.25) is 0 Å². The summed E-state index contributed by atoms with van der Waals surface area (Å²) in [5.41, 5.74) is 2.96. The van der Waals surface area contributed by atoms with Gasteiger partial charge in [-0.2, -0.15) is 0 Å². The molecular formula is C26H22O5S. The van der Waals surface area contributed by atoms with Gasteiger partial charge < -0.3 is 19.0 Å². The number of thioether (sulfide) groups is 1. The van der Waals surface area contributed by atoms with Gasteiger partial charge in [0.2, 0.25) is 0 Å². The lowest BCUT2D eigenvalue weighted by atomic mass is 10.1. The number of carbonyl (C=O) groups is 1. The molecule has 0 aliphatic heterocycles. The van der Waals surface area contributed by atoms with E-state index in [1.165, 1.54) is 0 Å². The molecule has 0 aliphatic rings. The molecule has 32 heavy (non-hydrogen) atoms. The Morgan fingerprint density at radius 3 is 2.41 bits per heavy atom. The second kappa shape index (κ2) is 9.66. The first-order chi connectivity index (χ1) is 15.6. The number of rotatable bonds is 8. The molecule has 0 amide bonds. The summed E-state index contributed by atoms with van der Waals surface area (Å²) in [6.45, 7) is 0. The van der Waals surface area contributed by atoms with Gasteiger partial charge in [-0.15, -0.1) is 11.8 Å². The van der Waals surface area contributed by atoms with Gasteiger partial charge in [0.15, 0.2) is 0 Å². The fraction of sp³-hybridized carbons (Fsp3) is 0.115. The molecule has 0 atom stereocenters. The van der Waals surface area contributed by atoms with E-state index < -0.39 is 5.97 Å². The van der Waals surface area contributed by atoms with Gasteiger partial charge in [-0.3, -0.25) is 0 Å². The molecule has 0 fully saturated rings. The molecule has 0 bridgehead atoms. The summed E-state index contributed by atoms with van der Waals surface area (Å²) >= 11 is 1.65. The van der Waals surface area contributed by atoms with Crippen molar-refractivity contribution in [3.63, 3.8) is 0 Å². The Balaban J connectivity index is 1.72. The van der Waals surface area contributed by atoms with Gasteiger partial charge in [0.1, 0.15) is 23.0 Å². The molecular weight excluding hydrogens is 424 g/mol. The highest BCUT2D eigenvalue weighted by atomic mass is 32.2. The van der Waals surface area contributed by atoms with Crippen LogP contribution in [0, 0.1) is 0 Å². The van der Waals surface area contributed by atoms with Crippen molar-refractivity contribution >= 4 is 17.7 Å². The van der Waals surface area contributed by atoms with Crippen molar-refractivity contribution in [2.45, 2.75) is 10.6 Å². The average molecular weight is 447 g/mol. The highest BCUT2D eigenvalue weighted by Crippen LogP contribution is 2.38. The number of methoxy groups -OCH3 is 2. The fourth-order valence-electron chi connectivity index (χ4n) is 3.36. The largest absolute Gasteiger partial charge is 0.497 e. The normalized spacial score (nSPS) is 10.7. The topological polar surface area (TPSA) is 68.9 Å². The van der Waals surface area contributed by atoms with E-state index in [-0.39, 0.29) is 5.56 Å². The molecule has 0 radical (unpaired) electrons. The monoisotopic (exact) mass is 446 g/mol. The molecule has 0 saturated carbocycles. The highest BCUT2D eigenvalue weighted by Gasteiger charge is 2.17. The van der Waals surface area contributed by atoms with Crippen LogP contribution in [0.15, 0.2) is 88.2 Å². The van der Waals surface area contributed by atoms with Crippen molar-refractivity contribution in [2.75, 3.05) is 14.2 Å². The predicted molar refractivity (Wildman–Crippen MR) is 126 cm³/mol. The first-order valence-electron chi connectivity index (χ1n) is 9.95. The molecule has 0 spiro atoms. The van der Waals surface area contributed by atoms with Crippen LogP contribution in [0.3, 0.4) is 0 Å². The molecule has 0 saturated heterocycles. The summed E-state index contributed by atoms with van der Waals surface area (Å²) < 4.78 is 17.1. The lowest BCUT2D eigenvalue weighted by Crippen LogP contribution is -1.95. The Labute approximate surface area is 190 Å². The maximum atomic E-state index is 11.2. The van der Waals surface area contributed by atoms with Crippen LogP contribution < -0.4 is 9.47 Å². The van der Waals surface area contributed by atoms with E-state index in [1.807, 2.05) is 54.6 Å². The number of carboxylic acid groups (broad SMARTS) is 1. The molecule has 4 aromatic rings. The van der Waals surface area contributed by atoms with Gasteiger partial charge in [0.05, 0.1) is 19.8 Å². The van der Waals surface area contributed by atoms with Gasteiger partial charge in [-0.05, 0) is 42.5 Å². The second-order valence-corrected chi connectivity index (χ2v) is 8.04. The van der Waals surface area contributed by atoms with E-state index in [0.29, 0.717) is 11.5 Å². The van der Waals surface area contributed by atoms with E-state index in [0.717, 1.165) is 38.8 Å². The van der Waals surface area contributed by atoms with Crippen molar-refractivity contribution < 1.29 is 23.8 Å². The molecule has 1 N–H and O–H groups in total. The molecule has 1 aromatic heterocycles. The average Bonchev–Trinajstić information content (AvgIpc) is 3.27. The number of hydrogen-bond acceptors (Lipinski definition) is 5. The van der Waals surface area contributed by atoms with Crippen LogP contribution in [-0.4, -0.2) is 25.3 Å². The number of hydrogen-bond donors (Lipinski definition) is 1. The zero-order valence-corrected chi connectivity index (χ0v) is 18.5. The number of ether oxygens (including phenoxy) is 2. The summed E-state index contributed by atoms with van der Waals surface area (Å²) in [4.78, 5) is 12.3. The van der Waals surface area contributed by atoms with E-state index in [9.17, 15) is 9.90 Å². The van der Waals surface area contributed by atoms with Crippen LogP contribution in [0.25, 0.3) is 22.6 Å². The van der Waals surface area contributed by atoms with Crippen molar-refractivity contribution in [2.24, 2.45) is 0 Å². The standard InChI is InChI=1S/C26H22O5S/c1-29-21-7-5-6-19(14-21)23-15-20(16-32-24-9-4-3-8-22(24)30-2)25(31-23)17-10-12-18(13-11-17)26(27)28/h3-15H,16H2,1-2H3,(H,27,28). The maximum absolute atomic E-state index is 11.2. The summed E-state index contributed by atoms with van der Waals surface area (Å²) in [6, 6.07) is 24.3. The quantitative estimate of drug-likeness (QED) is 0.307. The Morgan fingerprint density at radius 2 is 1.69 bits per heavy atom. The molecule has 1 heterocycles. The van der Waals surface area contributed by atoms with E-state index in [2.05, 4.69) is 0 Å². The van der Waals surface area contributed by atoms with Crippen molar-refractivity contribution in [1.29, 1.82) is 0 Å². The zero-order valence-electron chi connectivity index (χ0n) is 17.7. The van der Waals surface area contributed by atoms with Crippen LogP contribution in [0.4, 0.5) is 0 Å². The first kappa shape index (κ1) is 21.6. The van der Waals surface area contributed by atoms with E-state index in [4.69, 9.17) is 13.9 Å². The smallest absolute Gasteiger partial charge is 0.335 e. The van der Waals surface area contributed by atoms with Gasteiger partial charge in [-0.25, -0.2) is 4.79 Å². The summed E-state index contributed by atoms with van der Waals surface area (Å²) in [5, 5.41) is 9.21. The van der Waals surface area contributed by atoms with Crippen LogP contribution in [0.1, 0.15) is 15.9 Å². The maximum Gasteiger partial charge on any atom is 0.335 e. The third kappa shape index (κ3) is 4.65. The molecule has 3 aromatic carbocycles. The van der Waals surface area contributed by atoms with Gasteiger partial charge >= 0.3 is 5.97 Å². The Bertz CT molecular complexity index is 1230. The van der Waals surface area contributed by atoms with Crippen LogP contribution in [0.5, 0.6) is 11.5 Å². The Morgan fingerprint density at radius 1 is 0.906 bits per heavy atom. The molecule has 4 rings (SSSR count). The Hall–Kier alpha value is -3.64. The summed E-state index contributed by atoms with van der Waals surface area (Å²) in [6.07, 6.45) is 0. The number of carboxylic acids is 1. The van der Waals surface area contributed by atoms with Crippen molar-refractivity contribution in [1.82, 2.24) is 0 Å². The minimum absolute atomic E-state index is 0.235. The second-order valence-electron chi connectivity index (χ2n) is 7.02. The minimum atomic E-state index is -0.958. The van der Waals surface area contributed by atoms with Crippen molar-refractivity contribution in [3.05, 3.63) is 90.0 Å². The third-order valence-electron chi connectivity index (χ3n) is 5.01. The molecule has 162 valence electrons. The number of furan rings is 1. The third-order valence-corrected chi connectivity index (χ3v) is 6.11. The predicted octanol–water partition coefficient (Wildman–Crippen LogP) is 6.62. The molecule has 0 unspecified atom stereocenters. The van der Waals surface area contributed by atoms with Gasteiger partial charge in [0, 0.05) is 27.3 Å². The number of para-hydroxylation sites is 1. The Kier molecular flexibility index (Phi) is 6.52. The van der Waals surface area contributed by atoms with Gasteiger partial charge in [0.25, 0.3) is 0 Å². The highest BCUT2D eigenvalue weighted by molar-refractivity contribution is 7.98. The van der Waals surface area contributed by atoms with Gasteiger partial charge in [-0.1, -0.05) is 36.4 Å². The van der Waals surface area contributed by atoms with Crippen molar-refractivity contribution in [3.8, 4) is 34.1 Å². The summed E-state index contributed by atoms with van der Waals surface area (Å²) in [7, 11) is 3.29. The first-order valence-corrected chi connectivity index (χ1v) is 10.9.